The molecule has 6 heteroatoms. The van der Waals surface area contributed by atoms with Gasteiger partial charge in [-0.25, -0.2) is 4.98 Å². The van der Waals surface area contributed by atoms with Crippen molar-refractivity contribution in [2.45, 2.75) is 12.8 Å². The number of hydrogen-bond donors (Lipinski definition) is 1. The van der Waals surface area contributed by atoms with Gasteiger partial charge in [0.25, 0.3) is 5.91 Å². The van der Waals surface area contributed by atoms with E-state index >= 15 is 0 Å². The van der Waals surface area contributed by atoms with Crippen molar-refractivity contribution < 1.29 is 4.79 Å². The van der Waals surface area contributed by atoms with Gasteiger partial charge in [-0.15, -0.1) is 0 Å². The Balaban J connectivity index is 1.51. The van der Waals surface area contributed by atoms with E-state index in [-0.39, 0.29) is 5.91 Å². The lowest BCUT2D eigenvalue weighted by molar-refractivity contribution is 0.0620. The Kier molecular flexibility index (Phi) is 4.48. The zero-order valence-electron chi connectivity index (χ0n) is 12.8. The van der Waals surface area contributed by atoms with E-state index in [2.05, 4.69) is 51.3 Å². The molecule has 1 atom stereocenters. The van der Waals surface area contributed by atoms with Crippen LogP contribution in [0.3, 0.4) is 0 Å². The fourth-order valence-electron chi connectivity index (χ4n) is 2.87. The summed E-state index contributed by atoms with van der Waals surface area (Å²) in [6.45, 7) is 6.55. The summed E-state index contributed by atoms with van der Waals surface area (Å²) in [4.78, 5) is 20.4. The normalized spacial score (nSPS) is 17.4. The first-order chi connectivity index (χ1) is 10.7. The molecule has 2 aromatic rings. The van der Waals surface area contributed by atoms with Crippen LogP contribution in [0.4, 0.5) is 0 Å². The van der Waals surface area contributed by atoms with Gasteiger partial charge in [0.15, 0.2) is 0 Å². The summed E-state index contributed by atoms with van der Waals surface area (Å²) in [5.41, 5.74) is 1.36. The van der Waals surface area contributed by atoms with Gasteiger partial charge in [0.05, 0.1) is 0 Å². The van der Waals surface area contributed by atoms with Gasteiger partial charge in [0.1, 0.15) is 6.33 Å². The summed E-state index contributed by atoms with van der Waals surface area (Å²) in [6, 6.07) is 10.6. The predicted molar refractivity (Wildman–Crippen MR) is 83.6 cm³/mol. The largest absolute Gasteiger partial charge is 0.333 e. The maximum Gasteiger partial charge on any atom is 0.291 e. The number of aromatic nitrogens is 3. The lowest BCUT2D eigenvalue weighted by atomic mass is 10.0. The van der Waals surface area contributed by atoms with E-state index in [4.69, 9.17) is 0 Å². The van der Waals surface area contributed by atoms with Crippen LogP contribution in [0.15, 0.2) is 36.7 Å². The summed E-state index contributed by atoms with van der Waals surface area (Å²) in [6.07, 6.45) is 1.37. The van der Waals surface area contributed by atoms with E-state index in [0.717, 1.165) is 32.7 Å². The Hall–Kier alpha value is -2.21. The van der Waals surface area contributed by atoms with Gasteiger partial charge in [-0.1, -0.05) is 37.3 Å². The average Bonchev–Trinajstić information content (AvgIpc) is 3.10. The van der Waals surface area contributed by atoms with Crippen LogP contribution in [0.5, 0.6) is 0 Å². The first-order valence-corrected chi connectivity index (χ1v) is 7.66. The number of H-pyrrole nitrogens is 1. The van der Waals surface area contributed by atoms with Crippen molar-refractivity contribution in [1.29, 1.82) is 0 Å². The fraction of sp³-hybridized carbons (Fsp3) is 0.438. The molecule has 1 aromatic carbocycles. The third-order valence-corrected chi connectivity index (χ3v) is 4.18. The van der Waals surface area contributed by atoms with Crippen molar-refractivity contribution in [3.05, 3.63) is 48.0 Å². The van der Waals surface area contributed by atoms with Crippen LogP contribution in [0.2, 0.25) is 0 Å². The second kappa shape index (κ2) is 6.70. The van der Waals surface area contributed by atoms with E-state index < -0.39 is 0 Å². The van der Waals surface area contributed by atoms with E-state index in [1.807, 2.05) is 11.0 Å². The van der Waals surface area contributed by atoms with Gasteiger partial charge in [0.2, 0.25) is 5.82 Å². The summed E-state index contributed by atoms with van der Waals surface area (Å²) < 4.78 is 0. The first kappa shape index (κ1) is 14.7. The topological polar surface area (TPSA) is 65.1 Å². The zero-order valence-corrected chi connectivity index (χ0v) is 12.8. The zero-order chi connectivity index (χ0) is 15.4. The maximum absolute atomic E-state index is 12.2. The van der Waals surface area contributed by atoms with Gasteiger partial charge in [-0.2, -0.15) is 5.10 Å². The van der Waals surface area contributed by atoms with Crippen molar-refractivity contribution in [1.82, 2.24) is 25.0 Å². The minimum absolute atomic E-state index is 0.0618. The number of nitrogens with one attached hydrogen (secondary N) is 1. The Morgan fingerprint density at radius 3 is 2.59 bits per heavy atom. The predicted octanol–water partition coefficient (Wildman–Crippen LogP) is 1.37. The summed E-state index contributed by atoms with van der Waals surface area (Å²) in [5, 5.41) is 6.37. The highest BCUT2D eigenvalue weighted by molar-refractivity contribution is 5.90. The minimum Gasteiger partial charge on any atom is -0.333 e. The van der Waals surface area contributed by atoms with Crippen molar-refractivity contribution in [3.8, 4) is 0 Å². The van der Waals surface area contributed by atoms with Crippen LogP contribution < -0.4 is 0 Å². The fourth-order valence-corrected chi connectivity index (χ4v) is 2.87. The maximum atomic E-state index is 12.2. The molecular formula is C16H21N5O. The number of hydrogen-bond acceptors (Lipinski definition) is 4. The molecule has 2 heterocycles. The van der Waals surface area contributed by atoms with Crippen LogP contribution in [0, 0.1) is 0 Å². The third-order valence-electron chi connectivity index (χ3n) is 4.18. The lowest BCUT2D eigenvalue weighted by Gasteiger charge is -2.35. The molecule has 1 aliphatic heterocycles. The molecule has 1 fully saturated rings. The van der Waals surface area contributed by atoms with Gasteiger partial charge < -0.3 is 4.90 Å². The molecule has 0 saturated carbocycles. The molecule has 3 rings (SSSR count). The molecule has 0 aliphatic carbocycles. The van der Waals surface area contributed by atoms with Crippen molar-refractivity contribution in [2.75, 3.05) is 32.7 Å². The van der Waals surface area contributed by atoms with Crippen LogP contribution in [0.25, 0.3) is 0 Å². The minimum atomic E-state index is -0.0618. The van der Waals surface area contributed by atoms with Crippen LogP contribution in [-0.4, -0.2) is 63.6 Å². The molecule has 1 aliphatic rings. The quantitative estimate of drug-likeness (QED) is 0.926. The SMILES string of the molecule is C[C@@H](CN1CCN(C(=O)c2ncn[nH]2)CC1)c1ccccc1. The Bertz CT molecular complexity index is 590. The monoisotopic (exact) mass is 299 g/mol. The number of aromatic amines is 1. The number of piperazine rings is 1. The Morgan fingerprint density at radius 1 is 1.23 bits per heavy atom. The molecule has 0 spiro atoms. The number of rotatable bonds is 4. The molecule has 0 radical (unpaired) electrons. The highest BCUT2D eigenvalue weighted by atomic mass is 16.2. The van der Waals surface area contributed by atoms with Crippen molar-refractivity contribution >= 4 is 5.91 Å². The van der Waals surface area contributed by atoms with Crippen LogP contribution in [-0.2, 0) is 0 Å². The molecule has 0 bridgehead atoms. The van der Waals surface area contributed by atoms with E-state index in [9.17, 15) is 4.79 Å². The molecule has 22 heavy (non-hydrogen) atoms. The standard InChI is InChI=1S/C16H21N5O/c1-13(14-5-3-2-4-6-14)11-20-7-9-21(10-8-20)16(22)15-17-12-18-19-15/h2-6,12-13H,7-11H2,1H3,(H,17,18,19)/t13-/m0/s1. The van der Waals surface area contributed by atoms with Crippen LogP contribution >= 0.6 is 0 Å². The smallest absolute Gasteiger partial charge is 0.291 e. The summed E-state index contributed by atoms with van der Waals surface area (Å²) in [7, 11) is 0. The second-order valence-electron chi connectivity index (χ2n) is 5.74. The Morgan fingerprint density at radius 2 is 1.95 bits per heavy atom. The molecule has 0 unspecified atom stereocenters. The lowest BCUT2D eigenvalue weighted by Crippen LogP contribution is -2.49. The Labute approximate surface area is 130 Å². The van der Waals surface area contributed by atoms with E-state index in [1.54, 1.807) is 0 Å². The van der Waals surface area contributed by atoms with E-state index in [0.29, 0.717) is 11.7 Å². The highest BCUT2D eigenvalue weighted by Gasteiger charge is 2.24. The molecule has 6 nitrogen and oxygen atoms in total. The van der Waals surface area contributed by atoms with Crippen molar-refractivity contribution in [2.24, 2.45) is 0 Å². The molecule has 1 amide bonds. The molecule has 1 saturated heterocycles. The average molecular weight is 299 g/mol. The summed E-state index contributed by atoms with van der Waals surface area (Å²) >= 11 is 0. The third kappa shape index (κ3) is 3.33. The first-order valence-electron chi connectivity index (χ1n) is 7.66. The van der Waals surface area contributed by atoms with Gasteiger partial charge in [-0.05, 0) is 11.5 Å². The van der Waals surface area contributed by atoms with Gasteiger partial charge in [0, 0.05) is 32.7 Å². The van der Waals surface area contributed by atoms with Crippen molar-refractivity contribution in [3.63, 3.8) is 0 Å². The van der Waals surface area contributed by atoms with Crippen LogP contribution in [0.1, 0.15) is 29.0 Å². The second-order valence-corrected chi connectivity index (χ2v) is 5.74. The number of benzene rings is 1. The summed E-state index contributed by atoms with van der Waals surface area (Å²) in [5.74, 6) is 0.761. The number of nitrogens with zero attached hydrogens (tertiary/aromatic N) is 4. The molecular weight excluding hydrogens is 278 g/mol. The number of carbonyl (C=O) groups excluding carboxylic acids is 1. The number of carbonyl (C=O) groups is 1. The molecule has 1 N–H and O–H groups in total. The molecule has 116 valence electrons. The highest BCUT2D eigenvalue weighted by Crippen LogP contribution is 2.17. The van der Waals surface area contributed by atoms with Gasteiger partial charge in [-0.3, -0.25) is 14.8 Å². The molecule has 1 aromatic heterocycles. The van der Waals surface area contributed by atoms with E-state index in [1.165, 1.54) is 11.9 Å². The van der Waals surface area contributed by atoms with Gasteiger partial charge >= 0.3 is 0 Å². The number of amides is 1.